The first-order valence-electron chi connectivity index (χ1n) is 11.2. The summed E-state index contributed by atoms with van der Waals surface area (Å²) in [6.45, 7) is 5.46. The number of rotatable bonds is 13. The third-order valence-electron chi connectivity index (χ3n) is 5.34. The number of carboxylic acid groups (broad SMARTS) is 1. The SMILES string of the molecule is CCCCCCCN(CCc1ccc(O[C@H](C)C(=O)O)cc1)c1nc2ccccc2o1. The number of anilines is 1. The van der Waals surface area contributed by atoms with E-state index >= 15 is 0 Å². The summed E-state index contributed by atoms with van der Waals surface area (Å²) in [7, 11) is 0. The van der Waals surface area contributed by atoms with Crippen molar-refractivity contribution in [1.82, 2.24) is 4.98 Å². The van der Waals surface area contributed by atoms with Crippen LogP contribution in [0.15, 0.2) is 52.9 Å². The van der Waals surface area contributed by atoms with Crippen molar-refractivity contribution in [3.63, 3.8) is 0 Å². The third-order valence-corrected chi connectivity index (χ3v) is 5.34. The molecule has 3 rings (SSSR count). The first-order valence-corrected chi connectivity index (χ1v) is 11.2. The van der Waals surface area contributed by atoms with Crippen LogP contribution in [-0.2, 0) is 11.2 Å². The molecule has 1 heterocycles. The number of aliphatic carboxylic acids is 1. The van der Waals surface area contributed by atoms with Gasteiger partial charge in [-0.05, 0) is 49.6 Å². The Morgan fingerprint density at radius 3 is 2.52 bits per heavy atom. The van der Waals surface area contributed by atoms with Crippen LogP contribution in [0.2, 0.25) is 0 Å². The van der Waals surface area contributed by atoms with E-state index in [1.807, 2.05) is 48.5 Å². The maximum Gasteiger partial charge on any atom is 0.344 e. The Kier molecular flexibility index (Phi) is 8.33. The first-order chi connectivity index (χ1) is 15.1. The van der Waals surface area contributed by atoms with Gasteiger partial charge in [-0.2, -0.15) is 4.98 Å². The Balaban J connectivity index is 1.63. The second kappa shape index (κ2) is 11.4. The number of para-hydroxylation sites is 2. The standard InChI is InChI=1S/C25H32N2O4/c1-3-4-5-6-9-17-27(25-26-22-10-7-8-11-23(22)31-25)18-16-20-12-14-21(15-13-20)30-19(2)24(28)29/h7-8,10-15,19H,3-6,9,16-18H2,1-2H3,(H,28,29)/t19-/m1/s1. The number of aromatic nitrogens is 1. The smallest absolute Gasteiger partial charge is 0.344 e. The van der Waals surface area contributed by atoms with Gasteiger partial charge in [0, 0.05) is 13.1 Å². The zero-order valence-electron chi connectivity index (χ0n) is 18.4. The van der Waals surface area contributed by atoms with E-state index in [1.54, 1.807) is 0 Å². The number of hydrogen-bond acceptors (Lipinski definition) is 5. The van der Waals surface area contributed by atoms with Crippen molar-refractivity contribution in [3.8, 4) is 5.75 Å². The first kappa shape index (κ1) is 22.7. The van der Waals surface area contributed by atoms with E-state index in [0.29, 0.717) is 11.8 Å². The molecule has 0 amide bonds. The average molecular weight is 425 g/mol. The van der Waals surface area contributed by atoms with Crippen molar-refractivity contribution in [1.29, 1.82) is 0 Å². The molecule has 0 bridgehead atoms. The van der Waals surface area contributed by atoms with Gasteiger partial charge in [-0.1, -0.05) is 56.9 Å². The highest BCUT2D eigenvalue weighted by Gasteiger charge is 2.15. The van der Waals surface area contributed by atoms with Gasteiger partial charge in [0.25, 0.3) is 6.01 Å². The molecule has 0 aliphatic carbocycles. The van der Waals surface area contributed by atoms with Gasteiger partial charge in [-0.3, -0.25) is 0 Å². The predicted molar refractivity (Wildman–Crippen MR) is 123 cm³/mol. The highest BCUT2D eigenvalue weighted by Crippen LogP contribution is 2.23. The number of benzene rings is 2. The number of oxazole rings is 1. The fourth-order valence-corrected chi connectivity index (χ4v) is 3.46. The summed E-state index contributed by atoms with van der Waals surface area (Å²) in [5.41, 5.74) is 2.84. The molecule has 1 atom stereocenters. The van der Waals surface area contributed by atoms with Gasteiger partial charge in [0.2, 0.25) is 0 Å². The van der Waals surface area contributed by atoms with E-state index in [1.165, 1.54) is 32.6 Å². The Morgan fingerprint density at radius 1 is 1.06 bits per heavy atom. The summed E-state index contributed by atoms with van der Waals surface area (Å²) in [5.74, 6) is -0.414. The van der Waals surface area contributed by atoms with Gasteiger partial charge in [0.15, 0.2) is 11.7 Å². The second-order valence-corrected chi connectivity index (χ2v) is 7.86. The molecule has 6 nitrogen and oxygen atoms in total. The molecule has 1 N–H and O–H groups in total. The van der Waals surface area contributed by atoms with E-state index < -0.39 is 12.1 Å². The predicted octanol–water partition coefficient (Wildman–Crippen LogP) is 5.70. The van der Waals surface area contributed by atoms with E-state index in [0.717, 1.165) is 42.6 Å². The van der Waals surface area contributed by atoms with Gasteiger partial charge in [-0.25, -0.2) is 4.79 Å². The van der Waals surface area contributed by atoms with Crippen LogP contribution in [0.4, 0.5) is 6.01 Å². The molecule has 1 aromatic heterocycles. The molecule has 0 saturated heterocycles. The maximum atomic E-state index is 10.9. The molecule has 0 spiro atoms. The molecule has 0 aliphatic rings. The van der Waals surface area contributed by atoms with Crippen molar-refractivity contribution in [2.45, 2.75) is 58.5 Å². The molecule has 6 heteroatoms. The van der Waals surface area contributed by atoms with Crippen molar-refractivity contribution >= 4 is 23.1 Å². The van der Waals surface area contributed by atoms with Crippen LogP contribution in [0.25, 0.3) is 11.1 Å². The Hall–Kier alpha value is -3.02. The number of fused-ring (bicyclic) bond motifs is 1. The quantitative estimate of drug-likeness (QED) is 0.355. The number of nitrogens with zero attached hydrogens (tertiary/aromatic N) is 2. The van der Waals surface area contributed by atoms with Crippen LogP contribution >= 0.6 is 0 Å². The third kappa shape index (κ3) is 6.74. The fraction of sp³-hybridized carbons (Fsp3) is 0.440. The largest absolute Gasteiger partial charge is 0.479 e. The minimum absolute atomic E-state index is 0.561. The van der Waals surface area contributed by atoms with Crippen LogP contribution in [0, 0.1) is 0 Å². The summed E-state index contributed by atoms with van der Waals surface area (Å²) in [4.78, 5) is 17.9. The molecular weight excluding hydrogens is 392 g/mol. The van der Waals surface area contributed by atoms with E-state index in [9.17, 15) is 4.79 Å². The number of carbonyl (C=O) groups is 1. The molecule has 0 aliphatic heterocycles. The monoisotopic (exact) mass is 424 g/mol. The highest BCUT2D eigenvalue weighted by atomic mass is 16.5. The summed E-state index contributed by atoms with van der Waals surface area (Å²) >= 11 is 0. The van der Waals surface area contributed by atoms with Crippen LogP contribution in [0.5, 0.6) is 5.75 Å². The van der Waals surface area contributed by atoms with Gasteiger partial charge in [-0.15, -0.1) is 0 Å². The fourth-order valence-electron chi connectivity index (χ4n) is 3.46. The summed E-state index contributed by atoms with van der Waals surface area (Å²) in [6.07, 6.45) is 6.05. The molecular formula is C25H32N2O4. The van der Waals surface area contributed by atoms with Crippen LogP contribution in [-0.4, -0.2) is 35.3 Å². The molecule has 0 radical (unpaired) electrons. The van der Waals surface area contributed by atoms with Crippen molar-refractivity contribution in [2.24, 2.45) is 0 Å². The summed E-state index contributed by atoms with van der Waals surface area (Å²) in [6, 6.07) is 16.1. The van der Waals surface area contributed by atoms with E-state index in [2.05, 4.69) is 16.8 Å². The van der Waals surface area contributed by atoms with Crippen LogP contribution < -0.4 is 9.64 Å². The minimum atomic E-state index is -0.975. The highest BCUT2D eigenvalue weighted by molar-refractivity contribution is 5.74. The lowest BCUT2D eigenvalue weighted by atomic mass is 10.1. The van der Waals surface area contributed by atoms with Crippen LogP contribution in [0.3, 0.4) is 0 Å². The molecule has 0 unspecified atom stereocenters. The van der Waals surface area contributed by atoms with E-state index in [-0.39, 0.29) is 0 Å². The lowest BCUT2D eigenvalue weighted by Gasteiger charge is -2.20. The Bertz CT molecular complexity index is 919. The number of ether oxygens (including phenoxy) is 1. The maximum absolute atomic E-state index is 10.9. The van der Waals surface area contributed by atoms with Gasteiger partial charge < -0.3 is 19.2 Å². The number of hydrogen-bond donors (Lipinski definition) is 1. The average Bonchev–Trinajstić information content (AvgIpc) is 3.20. The van der Waals surface area contributed by atoms with Crippen molar-refractivity contribution in [2.75, 3.05) is 18.0 Å². The van der Waals surface area contributed by atoms with Crippen LogP contribution in [0.1, 0.15) is 51.5 Å². The molecule has 31 heavy (non-hydrogen) atoms. The topological polar surface area (TPSA) is 75.8 Å². The number of carboxylic acids is 1. The van der Waals surface area contributed by atoms with Crippen molar-refractivity contribution < 1.29 is 19.1 Å². The second-order valence-electron chi connectivity index (χ2n) is 7.86. The molecule has 0 saturated carbocycles. The Labute approximate surface area is 183 Å². The number of unbranched alkanes of at least 4 members (excludes halogenated alkanes) is 4. The normalized spacial score (nSPS) is 12.1. The van der Waals surface area contributed by atoms with Gasteiger partial charge in [0.1, 0.15) is 11.3 Å². The Morgan fingerprint density at radius 2 is 1.81 bits per heavy atom. The lowest BCUT2D eigenvalue weighted by molar-refractivity contribution is -0.144. The molecule has 0 fully saturated rings. The molecule has 3 aromatic rings. The van der Waals surface area contributed by atoms with Gasteiger partial charge in [0.05, 0.1) is 0 Å². The minimum Gasteiger partial charge on any atom is -0.479 e. The summed E-state index contributed by atoms with van der Waals surface area (Å²) < 4.78 is 11.4. The zero-order chi connectivity index (χ0) is 22.1. The zero-order valence-corrected chi connectivity index (χ0v) is 18.4. The van der Waals surface area contributed by atoms with Crippen molar-refractivity contribution in [3.05, 3.63) is 54.1 Å². The summed E-state index contributed by atoms with van der Waals surface area (Å²) in [5, 5.41) is 8.98. The van der Waals surface area contributed by atoms with E-state index in [4.69, 9.17) is 14.3 Å². The molecule has 166 valence electrons. The van der Waals surface area contributed by atoms with Gasteiger partial charge >= 0.3 is 5.97 Å². The molecule has 2 aromatic carbocycles. The lowest BCUT2D eigenvalue weighted by Crippen LogP contribution is -2.27.